The molecule has 19 heavy (non-hydrogen) atoms. The van der Waals surface area contributed by atoms with Crippen molar-refractivity contribution >= 4 is 17.3 Å². The standard InChI is InChI=1S/C12H14N2O5/c1-19-8-3-4-10(14(17)18)9(7-8)13-12(11(15)16)5-2-6-12/h3-4,7,13H,2,5-6H2,1H3,(H,15,16). The molecule has 0 spiro atoms. The van der Waals surface area contributed by atoms with Gasteiger partial charge in [0.15, 0.2) is 0 Å². The summed E-state index contributed by atoms with van der Waals surface area (Å²) < 4.78 is 5.01. The maximum Gasteiger partial charge on any atom is 0.329 e. The molecular weight excluding hydrogens is 252 g/mol. The summed E-state index contributed by atoms with van der Waals surface area (Å²) in [6, 6.07) is 4.22. The number of nitro groups is 1. The number of benzene rings is 1. The Kier molecular flexibility index (Phi) is 3.28. The number of methoxy groups -OCH3 is 1. The van der Waals surface area contributed by atoms with E-state index in [1.165, 1.54) is 25.3 Å². The predicted octanol–water partition coefficient (Wildman–Crippen LogP) is 2.02. The van der Waals surface area contributed by atoms with Crippen LogP contribution in [0.25, 0.3) is 0 Å². The lowest BCUT2D eigenvalue weighted by Gasteiger charge is -2.38. The average Bonchev–Trinajstić information content (AvgIpc) is 2.32. The number of hydrogen-bond acceptors (Lipinski definition) is 5. The van der Waals surface area contributed by atoms with E-state index in [-0.39, 0.29) is 11.4 Å². The minimum absolute atomic E-state index is 0.159. The van der Waals surface area contributed by atoms with Crippen molar-refractivity contribution in [2.45, 2.75) is 24.8 Å². The molecule has 0 aliphatic heterocycles. The van der Waals surface area contributed by atoms with Gasteiger partial charge in [0.25, 0.3) is 5.69 Å². The van der Waals surface area contributed by atoms with Gasteiger partial charge in [-0.05, 0) is 25.3 Å². The molecule has 1 fully saturated rings. The Labute approximate surface area is 109 Å². The Morgan fingerprint density at radius 2 is 2.21 bits per heavy atom. The highest BCUT2D eigenvalue weighted by Crippen LogP contribution is 2.39. The van der Waals surface area contributed by atoms with Crippen LogP contribution in [0.1, 0.15) is 19.3 Å². The molecule has 0 heterocycles. The molecule has 0 aromatic heterocycles. The van der Waals surface area contributed by atoms with E-state index >= 15 is 0 Å². The number of nitro benzene ring substituents is 1. The van der Waals surface area contributed by atoms with Crippen molar-refractivity contribution in [1.29, 1.82) is 0 Å². The molecule has 0 atom stereocenters. The number of nitrogens with zero attached hydrogens (tertiary/aromatic N) is 1. The lowest BCUT2D eigenvalue weighted by atomic mass is 9.76. The van der Waals surface area contributed by atoms with Crippen LogP contribution in [-0.4, -0.2) is 28.6 Å². The zero-order valence-corrected chi connectivity index (χ0v) is 10.4. The van der Waals surface area contributed by atoms with E-state index in [0.717, 1.165) is 6.42 Å². The molecule has 1 aromatic carbocycles. The lowest BCUT2D eigenvalue weighted by molar-refractivity contribution is -0.384. The minimum Gasteiger partial charge on any atom is -0.497 e. The van der Waals surface area contributed by atoms with E-state index in [1.807, 2.05) is 0 Å². The molecule has 0 saturated heterocycles. The zero-order chi connectivity index (χ0) is 14.0. The summed E-state index contributed by atoms with van der Waals surface area (Å²) in [6.45, 7) is 0. The van der Waals surface area contributed by atoms with Gasteiger partial charge < -0.3 is 15.2 Å². The molecule has 1 aliphatic carbocycles. The van der Waals surface area contributed by atoms with Crippen molar-refractivity contribution in [2.24, 2.45) is 0 Å². The maximum atomic E-state index is 11.3. The van der Waals surface area contributed by atoms with E-state index in [9.17, 15) is 20.0 Å². The summed E-state index contributed by atoms with van der Waals surface area (Å²) in [6.07, 6.45) is 1.70. The summed E-state index contributed by atoms with van der Waals surface area (Å²) in [7, 11) is 1.45. The molecule has 0 radical (unpaired) electrons. The molecule has 1 saturated carbocycles. The van der Waals surface area contributed by atoms with Crippen LogP contribution in [0.2, 0.25) is 0 Å². The minimum atomic E-state index is -1.10. The Balaban J connectivity index is 2.37. The Morgan fingerprint density at radius 3 is 2.63 bits per heavy atom. The molecule has 2 rings (SSSR count). The third-order valence-electron chi connectivity index (χ3n) is 3.39. The van der Waals surface area contributed by atoms with Crippen LogP contribution < -0.4 is 10.1 Å². The normalized spacial score (nSPS) is 16.3. The second kappa shape index (κ2) is 4.75. The van der Waals surface area contributed by atoms with Crippen molar-refractivity contribution < 1.29 is 19.6 Å². The molecule has 0 amide bonds. The summed E-state index contributed by atoms with van der Waals surface area (Å²) in [5.41, 5.74) is -1.09. The van der Waals surface area contributed by atoms with Gasteiger partial charge in [-0.1, -0.05) is 0 Å². The van der Waals surface area contributed by atoms with Gasteiger partial charge in [0, 0.05) is 12.1 Å². The van der Waals surface area contributed by atoms with E-state index < -0.39 is 16.4 Å². The van der Waals surface area contributed by atoms with Crippen LogP contribution >= 0.6 is 0 Å². The van der Waals surface area contributed by atoms with Crippen LogP contribution in [0, 0.1) is 10.1 Å². The molecular formula is C12H14N2O5. The number of rotatable bonds is 5. The fourth-order valence-electron chi connectivity index (χ4n) is 2.08. The van der Waals surface area contributed by atoms with Crippen LogP contribution in [0.5, 0.6) is 5.75 Å². The second-order valence-corrected chi connectivity index (χ2v) is 4.51. The van der Waals surface area contributed by atoms with Crippen molar-refractivity contribution in [3.05, 3.63) is 28.3 Å². The second-order valence-electron chi connectivity index (χ2n) is 4.51. The number of aliphatic carboxylic acids is 1. The topological polar surface area (TPSA) is 102 Å². The van der Waals surface area contributed by atoms with Crippen molar-refractivity contribution in [1.82, 2.24) is 0 Å². The third kappa shape index (κ3) is 2.31. The van der Waals surface area contributed by atoms with Crippen LogP contribution in [0.3, 0.4) is 0 Å². The Bertz CT molecular complexity index is 525. The van der Waals surface area contributed by atoms with Gasteiger partial charge in [-0.2, -0.15) is 0 Å². The number of ether oxygens (including phenoxy) is 1. The van der Waals surface area contributed by atoms with Crippen molar-refractivity contribution in [3.63, 3.8) is 0 Å². The monoisotopic (exact) mass is 266 g/mol. The highest BCUT2D eigenvalue weighted by atomic mass is 16.6. The van der Waals surface area contributed by atoms with E-state index in [1.54, 1.807) is 0 Å². The van der Waals surface area contributed by atoms with Crippen LogP contribution in [-0.2, 0) is 4.79 Å². The molecule has 1 aromatic rings. The molecule has 7 heteroatoms. The summed E-state index contributed by atoms with van der Waals surface area (Å²) >= 11 is 0. The summed E-state index contributed by atoms with van der Waals surface area (Å²) in [5.74, 6) is -0.552. The number of anilines is 1. The molecule has 0 bridgehead atoms. The molecule has 1 aliphatic rings. The molecule has 102 valence electrons. The van der Waals surface area contributed by atoms with Crippen molar-refractivity contribution in [3.8, 4) is 5.75 Å². The van der Waals surface area contributed by atoms with Gasteiger partial charge in [0.2, 0.25) is 0 Å². The predicted molar refractivity (Wildman–Crippen MR) is 67.5 cm³/mol. The van der Waals surface area contributed by atoms with Gasteiger partial charge in [-0.3, -0.25) is 10.1 Å². The average molecular weight is 266 g/mol. The van der Waals surface area contributed by atoms with Gasteiger partial charge in [-0.25, -0.2) is 4.79 Å². The smallest absolute Gasteiger partial charge is 0.329 e. The van der Waals surface area contributed by atoms with E-state index in [0.29, 0.717) is 18.6 Å². The number of carbonyl (C=O) groups is 1. The van der Waals surface area contributed by atoms with E-state index in [4.69, 9.17) is 4.74 Å². The number of hydrogen-bond donors (Lipinski definition) is 2. The lowest BCUT2D eigenvalue weighted by Crippen LogP contribution is -2.52. The summed E-state index contributed by atoms with van der Waals surface area (Å²) in [4.78, 5) is 21.7. The van der Waals surface area contributed by atoms with Crippen LogP contribution in [0.4, 0.5) is 11.4 Å². The van der Waals surface area contributed by atoms with Crippen molar-refractivity contribution in [2.75, 3.05) is 12.4 Å². The SMILES string of the molecule is COc1ccc([N+](=O)[O-])c(NC2(C(=O)O)CCC2)c1. The van der Waals surface area contributed by atoms with Crippen LogP contribution in [0.15, 0.2) is 18.2 Å². The zero-order valence-electron chi connectivity index (χ0n) is 10.4. The quantitative estimate of drug-likeness (QED) is 0.624. The maximum absolute atomic E-state index is 11.3. The first-order chi connectivity index (χ1) is 8.98. The number of carboxylic acid groups (broad SMARTS) is 1. The third-order valence-corrected chi connectivity index (χ3v) is 3.39. The first kappa shape index (κ1) is 13.1. The Morgan fingerprint density at radius 1 is 1.53 bits per heavy atom. The number of nitrogens with one attached hydrogen (secondary N) is 1. The fourth-order valence-corrected chi connectivity index (χ4v) is 2.08. The van der Waals surface area contributed by atoms with Gasteiger partial charge in [0.05, 0.1) is 12.0 Å². The highest BCUT2D eigenvalue weighted by Gasteiger charge is 2.45. The number of carboxylic acids is 1. The van der Waals surface area contributed by atoms with E-state index in [2.05, 4.69) is 5.32 Å². The first-order valence-electron chi connectivity index (χ1n) is 5.82. The fraction of sp³-hybridized carbons (Fsp3) is 0.417. The molecule has 7 nitrogen and oxygen atoms in total. The molecule has 0 unspecified atom stereocenters. The first-order valence-corrected chi connectivity index (χ1v) is 5.82. The summed E-state index contributed by atoms with van der Waals surface area (Å²) in [5, 5.41) is 23.0. The van der Waals surface area contributed by atoms with Gasteiger partial charge in [0.1, 0.15) is 17.0 Å². The largest absolute Gasteiger partial charge is 0.497 e. The van der Waals surface area contributed by atoms with Gasteiger partial charge in [-0.15, -0.1) is 0 Å². The highest BCUT2D eigenvalue weighted by molar-refractivity contribution is 5.85. The van der Waals surface area contributed by atoms with Gasteiger partial charge >= 0.3 is 5.97 Å². The Hall–Kier alpha value is -2.31. The molecule has 2 N–H and O–H groups in total.